The van der Waals surface area contributed by atoms with Gasteiger partial charge in [0, 0.05) is 45.8 Å². The number of amides is 1. The fourth-order valence-corrected chi connectivity index (χ4v) is 4.37. The number of sulfonamides is 1. The summed E-state index contributed by atoms with van der Waals surface area (Å²) in [5.74, 6) is 1.20. The van der Waals surface area contributed by atoms with Gasteiger partial charge in [0.2, 0.25) is 10.0 Å². The lowest BCUT2D eigenvalue weighted by molar-refractivity contribution is 0.0963. The van der Waals surface area contributed by atoms with Crippen molar-refractivity contribution in [3.8, 4) is 0 Å². The van der Waals surface area contributed by atoms with Crippen molar-refractivity contribution in [2.75, 3.05) is 52.6 Å². The van der Waals surface area contributed by atoms with Crippen molar-refractivity contribution < 1.29 is 17.9 Å². The molecule has 164 valence electrons. The quantitative estimate of drug-likeness (QED) is 0.313. The summed E-state index contributed by atoms with van der Waals surface area (Å²) in [7, 11) is -1.33. The van der Waals surface area contributed by atoms with Crippen molar-refractivity contribution >= 4 is 46.1 Å². The second-order valence-corrected chi connectivity index (χ2v) is 9.15. The predicted molar refractivity (Wildman–Crippen MR) is 121 cm³/mol. The zero-order valence-electron chi connectivity index (χ0n) is 17.0. The van der Waals surface area contributed by atoms with Gasteiger partial charge >= 0.3 is 6.09 Å². The summed E-state index contributed by atoms with van der Waals surface area (Å²) < 4.78 is 29.7. The lowest BCUT2D eigenvalue weighted by Gasteiger charge is -2.33. The molecule has 2 heterocycles. The second-order valence-electron chi connectivity index (χ2n) is 7.16. The Morgan fingerprint density at radius 1 is 1.14 bits per heavy atom. The van der Waals surface area contributed by atoms with Gasteiger partial charge in [-0.2, -0.15) is 0 Å². The highest BCUT2D eigenvalue weighted by Gasteiger charge is 2.26. The Balaban J connectivity index is 0.00000392. The van der Waals surface area contributed by atoms with Crippen LogP contribution in [0.3, 0.4) is 0 Å². The molecule has 2 aliphatic rings. The average molecular weight is 531 g/mol. The van der Waals surface area contributed by atoms with Crippen LogP contribution in [0.4, 0.5) is 4.79 Å². The average Bonchev–Trinajstić information content (AvgIpc) is 2.65. The van der Waals surface area contributed by atoms with Crippen LogP contribution in [-0.4, -0.2) is 88.4 Å². The van der Waals surface area contributed by atoms with Crippen LogP contribution >= 0.6 is 24.0 Å². The first kappa shape index (κ1) is 25.2. The molecule has 0 radical (unpaired) electrons. The van der Waals surface area contributed by atoms with E-state index in [0.717, 1.165) is 38.2 Å². The molecule has 0 aromatic heterocycles. The van der Waals surface area contributed by atoms with Gasteiger partial charge in [-0.1, -0.05) is 0 Å². The molecule has 0 atom stereocenters. The van der Waals surface area contributed by atoms with E-state index in [4.69, 9.17) is 4.74 Å². The summed E-state index contributed by atoms with van der Waals surface area (Å²) in [5, 5.41) is 6.78. The number of carbonyl (C=O) groups is 1. The first-order chi connectivity index (χ1) is 12.8. The standard InChI is InChI=1S/C17H33N5O4S.HI/c1-4-26-17(23)21-9-7-15(8-10-21)20-16(18-2)19-13-14-5-11-22(12-6-14)27(3,24)25;/h14-15H,4-13H2,1-3H3,(H2,18,19,20);1H. The SMILES string of the molecule is CCOC(=O)N1CCC(NC(=NC)NCC2CCN(S(C)(=O)=O)CC2)CC1.I. The second kappa shape index (κ2) is 12.0. The Morgan fingerprint density at radius 2 is 1.75 bits per heavy atom. The number of likely N-dealkylation sites (tertiary alicyclic amines) is 1. The first-order valence-electron chi connectivity index (χ1n) is 9.67. The lowest BCUT2D eigenvalue weighted by atomic mass is 9.98. The van der Waals surface area contributed by atoms with E-state index >= 15 is 0 Å². The van der Waals surface area contributed by atoms with E-state index < -0.39 is 10.0 Å². The van der Waals surface area contributed by atoms with Crippen molar-refractivity contribution in [3.05, 3.63) is 0 Å². The van der Waals surface area contributed by atoms with Crippen LogP contribution in [0.2, 0.25) is 0 Å². The number of hydrogen-bond acceptors (Lipinski definition) is 5. The molecule has 0 spiro atoms. The third-order valence-corrected chi connectivity index (χ3v) is 6.49. The fraction of sp³-hybridized carbons (Fsp3) is 0.882. The number of guanidine groups is 1. The van der Waals surface area contributed by atoms with E-state index in [-0.39, 0.29) is 36.1 Å². The van der Waals surface area contributed by atoms with Crippen LogP contribution in [0, 0.1) is 5.92 Å². The van der Waals surface area contributed by atoms with Gasteiger partial charge in [-0.3, -0.25) is 4.99 Å². The summed E-state index contributed by atoms with van der Waals surface area (Å²) in [6, 6.07) is 0.272. The van der Waals surface area contributed by atoms with E-state index in [1.165, 1.54) is 6.26 Å². The number of carbonyl (C=O) groups excluding carboxylic acids is 1. The zero-order chi connectivity index (χ0) is 19.9. The highest BCUT2D eigenvalue weighted by Crippen LogP contribution is 2.18. The van der Waals surface area contributed by atoms with Gasteiger partial charge in [-0.25, -0.2) is 17.5 Å². The topological polar surface area (TPSA) is 103 Å². The van der Waals surface area contributed by atoms with Gasteiger partial charge in [0.15, 0.2) is 5.96 Å². The van der Waals surface area contributed by atoms with Crippen molar-refractivity contribution in [1.82, 2.24) is 19.8 Å². The number of ether oxygens (including phenoxy) is 1. The molecular weight excluding hydrogens is 497 g/mol. The number of halogens is 1. The molecule has 0 bridgehead atoms. The minimum Gasteiger partial charge on any atom is -0.450 e. The molecule has 2 aliphatic heterocycles. The van der Waals surface area contributed by atoms with Crippen LogP contribution in [-0.2, 0) is 14.8 Å². The molecule has 28 heavy (non-hydrogen) atoms. The normalized spacial score (nSPS) is 20.4. The summed E-state index contributed by atoms with van der Waals surface area (Å²) >= 11 is 0. The molecule has 2 fully saturated rings. The molecule has 0 aromatic carbocycles. The zero-order valence-corrected chi connectivity index (χ0v) is 20.2. The van der Waals surface area contributed by atoms with Crippen molar-refractivity contribution in [2.24, 2.45) is 10.9 Å². The number of hydrogen-bond donors (Lipinski definition) is 2. The van der Waals surface area contributed by atoms with E-state index in [0.29, 0.717) is 38.7 Å². The van der Waals surface area contributed by atoms with Crippen molar-refractivity contribution in [1.29, 1.82) is 0 Å². The van der Waals surface area contributed by atoms with Gasteiger partial charge in [0.1, 0.15) is 0 Å². The maximum absolute atomic E-state index is 11.8. The molecule has 0 aliphatic carbocycles. The molecule has 0 saturated carbocycles. The number of aliphatic imine (C=N–C) groups is 1. The number of nitrogens with zero attached hydrogens (tertiary/aromatic N) is 3. The van der Waals surface area contributed by atoms with Crippen LogP contribution in [0.15, 0.2) is 4.99 Å². The van der Waals surface area contributed by atoms with Crippen LogP contribution in [0.1, 0.15) is 32.6 Å². The summed E-state index contributed by atoms with van der Waals surface area (Å²) in [4.78, 5) is 17.8. The van der Waals surface area contributed by atoms with Gasteiger partial charge in [0.05, 0.1) is 12.9 Å². The molecule has 11 heteroatoms. The smallest absolute Gasteiger partial charge is 0.409 e. The minimum absolute atomic E-state index is 0. The summed E-state index contributed by atoms with van der Waals surface area (Å²) in [5.41, 5.74) is 0. The largest absolute Gasteiger partial charge is 0.450 e. The third-order valence-electron chi connectivity index (χ3n) is 5.19. The van der Waals surface area contributed by atoms with Gasteiger partial charge in [-0.15, -0.1) is 24.0 Å². The maximum atomic E-state index is 11.8. The molecule has 2 saturated heterocycles. The Hall–Kier alpha value is -0.820. The van der Waals surface area contributed by atoms with Gasteiger partial charge in [0.25, 0.3) is 0 Å². The van der Waals surface area contributed by atoms with E-state index in [1.54, 1.807) is 16.3 Å². The fourth-order valence-electron chi connectivity index (χ4n) is 3.50. The molecule has 0 unspecified atom stereocenters. The highest BCUT2D eigenvalue weighted by molar-refractivity contribution is 14.0. The number of rotatable bonds is 5. The molecule has 1 amide bonds. The van der Waals surface area contributed by atoms with E-state index in [2.05, 4.69) is 15.6 Å². The predicted octanol–water partition coefficient (Wildman–Crippen LogP) is 1.06. The van der Waals surface area contributed by atoms with Crippen LogP contribution in [0.25, 0.3) is 0 Å². The lowest BCUT2D eigenvalue weighted by Crippen LogP contribution is -2.51. The first-order valence-corrected chi connectivity index (χ1v) is 11.5. The Labute approximate surface area is 185 Å². The molecular formula is C17H34IN5O4S. The molecule has 9 nitrogen and oxygen atoms in total. The van der Waals surface area contributed by atoms with Crippen LogP contribution < -0.4 is 10.6 Å². The Bertz CT molecular complexity index is 615. The van der Waals surface area contributed by atoms with Crippen LogP contribution in [0.5, 0.6) is 0 Å². The van der Waals surface area contributed by atoms with Crippen molar-refractivity contribution in [2.45, 2.75) is 38.6 Å². The number of nitrogens with one attached hydrogen (secondary N) is 2. The number of piperidine rings is 2. The van der Waals surface area contributed by atoms with Crippen molar-refractivity contribution in [3.63, 3.8) is 0 Å². The Morgan fingerprint density at radius 3 is 2.25 bits per heavy atom. The monoisotopic (exact) mass is 531 g/mol. The highest BCUT2D eigenvalue weighted by atomic mass is 127. The molecule has 2 N–H and O–H groups in total. The molecule has 0 aromatic rings. The van der Waals surface area contributed by atoms with Gasteiger partial charge < -0.3 is 20.3 Å². The van der Waals surface area contributed by atoms with E-state index in [9.17, 15) is 13.2 Å². The molecule has 2 rings (SSSR count). The summed E-state index contributed by atoms with van der Waals surface area (Å²) in [6.07, 6.45) is 4.45. The van der Waals surface area contributed by atoms with E-state index in [1.807, 2.05) is 6.92 Å². The Kier molecular flexibility index (Phi) is 10.8. The van der Waals surface area contributed by atoms with Gasteiger partial charge in [-0.05, 0) is 38.5 Å². The maximum Gasteiger partial charge on any atom is 0.409 e. The third kappa shape index (κ3) is 7.90. The summed E-state index contributed by atoms with van der Waals surface area (Å²) in [6.45, 7) is 5.52. The minimum atomic E-state index is -3.08.